The Bertz CT molecular complexity index is 445. The summed E-state index contributed by atoms with van der Waals surface area (Å²) in [5.41, 5.74) is 1.71. The fraction of sp³-hybridized carbons (Fsp3) is 0.467. The number of carbonyl (C=O) groups excluding carboxylic acids is 1. The lowest BCUT2D eigenvalue weighted by molar-refractivity contribution is -0.146. The van der Waals surface area contributed by atoms with Gasteiger partial charge in [0.05, 0.1) is 12.5 Å². The predicted molar refractivity (Wildman–Crippen MR) is 74.2 cm³/mol. The third-order valence-corrected chi connectivity index (χ3v) is 3.37. The van der Waals surface area contributed by atoms with Gasteiger partial charge in [0.25, 0.3) is 0 Å². The van der Waals surface area contributed by atoms with Crippen LogP contribution >= 0.6 is 0 Å². The zero-order valence-electron chi connectivity index (χ0n) is 11.3. The monoisotopic (exact) mass is 260 g/mol. The van der Waals surface area contributed by atoms with Crippen molar-refractivity contribution < 1.29 is 9.53 Å². The minimum absolute atomic E-state index is 0.244. The number of esters is 1. The maximum absolute atomic E-state index is 11.7. The predicted octanol–water partition coefficient (Wildman–Crippen LogP) is 2.09. The highest BCUT2D eigenvalue weighted by Gasteiger charge is 2.30. The van der Waals surface area contributed by atoms with Crippen molar-refractivity contribution in [3.8, 4) is 0 Å². The van der Waals surface area contributed by atoms with Crippen molar-refractivity contribution in [2.24, 2.45) is 5.92 Å². The number of hydrogen-bond donors (Lipinski definition) is 1. The van der Waals surface area contributed by atoms with E-state index in [9.17, 15) is 4.79 Å². The smallest absolute Gasteiger partial charge is 0.314 e. The number of benzene rings is 1. The summed E-state index contributed by atoms with van der Waals surface area (Å²) in [6, 6.07) is 10.2. The molecule has 102 valence electrons. The van der Waals surface area contributed by atoms with Gasteiger partial charge in [-0.25, -0.2) is 0 Å². The van der Waals surface area contributed by atoms with Crippen LogP contribution < -0.4 is 0 Å². The number of piperidine rings is 1. The Hall–Kier alpha value is -1.68. The molecule has 1 atom stereocenters. The third kappa shape index (κ3) is 3.64. The fourth-order valence-electron chi connectivity index (χ4n) is 2.40. The lowest BCUT2D eigenvalue weighted by atomic mass is 9.94. The Kier molecular flexibility index (Phi) is 4.68. The van der Waals surface area contributed by atoms with Crippen LogP contribution in [0.1, 0.15) is 18.9 Å². The van der Waals surface area contributed by atoms with E-state index in [-0.39, 0.29) is 11.9 Å². The molecule has 1 aliphatic rings. The standard InChI is InChI=1S/C15H20N2O2/c1-2-19-15(18)13-8-9-17(11-14(13)16)10-12-6-4-3-5-7-12/h3-7,13,16H,2,8-11H2,1H3. The van der Waals surface area contributed by atoms with Gasteiger partial charge in [0.2, 0.25) is 0 Å². The first kappa shape index (κ1) is 13.7. The zero-order valence-corrected chi connectivity index (χ0v) is 11.3. The first-order chi connectivity index (χ1) is 9.20. The fourth-order valence-corrected chi connectivity index (χ4v) is 2.40. The molecule has 1 heterocycles. The van der Waals surface area contributed by atoms with Gasteiger partial charge in [-0.2, -0.15) is 0 Å². The summed E-state index contributed by atoms with van der Waals surface area (Å²) in [4.78, 5) is 13.9. The lowest BCUT2D eigenvalue weighted by Crippen LogP contribution is -2.43. The minimum Gasteiger partial charge on any atom is -0.465 e. The molecule has 1 aliphatic heterocycles. The number of rotatable bonds is 4. The normalized spacial score (nSPS) is 20.3. The first-order valence-electron chi connectivity index (χ1n) is 6.71. The Morgan fingerprint density at radius 2 is 2.16 bits per heavy atom. The van der Waals surface area contributed by atoms with Crippen molar-refractivity contribution in [2.45, 2.75) is 19.9 Å². The van der Waals surface area contributed by atoms with Crippen LogP contribution in [0.3, 0.4) is 0 Å². The summed E-state index contributed by atoms with van der Waals surface area (Å²) in [5, 5.41) is 8.01. The van der Waals surface area contributed by atoms with Gasteiger partial charge in [0.15, 0.2) is 0 Å². The van der Waals surface area contributed by atoms with E-state index in [0.717, 1.165) is 13.1 Å². The molecule has 1 fully saturated rings. The lowest BCUT2D eigenvalue weighted by Gasteiger charge is -2.31. The van der Waals surface area contributed by atoms with Gasteiger partial charge in [0.1, 0.15) is 0 Å². The summed E-state index contributed by atoms with van der Waals surface area (Å²) in [6.07, 6.45) is 0.685. The Morgan fingerprint density at radius 1 is 1.42 bits per heavy atom. The first-order valence-corrected chi connectivity index (χ1v) is 6.71. The topological polar surface area (TPSA) is 53.4 Å². The molecular formula is C15H20N2O2. The van der Waals surface area contributed by atoms with Gasteiger partial charge in [-0.15, -0.1) is 0 Å². The highest BCUT2D eigenvalue weighted by atomic mass is 16.5. The van der Waals surface area contributed by atoms with E-state index in [4.69, 9.17) is 10.1 Å². The van der Waals surface area contributed by atoms with Crippen LogP contribution in [0, 0.1) is 11.3 Å². The van der Waals surface area contributed by atoms with Gasteiger partial charge in [-0.1, -0.05) is 30.3 Å². The third-order valence-electron chi connectivity index (χ3n) is 3.37. The van der Waals surface area contributed by atoms with Gasteiger partial charge >= 0.3 is 5.97 Å². The van der Waals surface area contributed by atoms with Gasteiger partial charge in [-0.3, -0.25) is 9.69 Å². The van der Waals surface area contributed by atoms with E-state index in [1.54, 1.807) is 6.92 Å². The van der Waals surface area contributed by atoms with Crippen molar-refractivity contribution in [3.63, 3.8) is 0 Å². The van der Waals surface area contributed by atoms with E-state index < -0.39 is 0 Å². The van der Waals surface area contributed by atoms with Gasteiger partial charge in [0, 0.05) is 25.3 Å². The average Bonchev–Trinajstić information content (AvgIpc) is 2.40. The SMILES string of the molecule is CCOC(=O)C1CCN(Cc2ccccc2)CC1=N. The molecule has 1 aromatic carbocycles. The molecule has 0 saturated carbocycles. The number of nitrogens with one attached hydrogen (secondary N) is 1. The molecule has 2 rings (SSSR count). The van der Waals surface area contributed by atoms with E-state index in [1.165, 1.54) is 5.56 Å². The van der Waals surface area contributed by atoms with Crippen LogP contribution in [0.2, 0.25) is 0 Å². The summed E-state index contributed by atoms with van der Waals surface area (Å²) >= 11 is 0. The number of ether oxygens (including phenoxy) is 1. The molecule has 19 heavy (non-hydrogen) atoms. The molecule has 1 saturated heterocycles. The van der Waals surface area contributed by atoms with Gasteiger partial charge < -0.3 is 10.1 Å². The minimum atomic E-state index is -0.341. The highest BCUT2D eigenvalue weighted by molar-refractivity contribution is 6.02. The average molecular weight is 260 g/mol. The van der Waals surface area contributed by atoms with Crippen LogP contribution in [0.15, 0.2) is 30.3 Å². The highest BCUT2D eigenvalue weighted by Crippen LogP contribution is 2.18. The summed E-state index contributed by atoms with van der Waals surface area (Å²) in [5.74, 6) is -0.584. The summed E-state index contributed by atoms with van der Waals surface area (Å²) in [7, 11) is 0. The van der Waals surface area contributed by atoms with E-state index >= 15 is 0 Å². The summed E-state index contributed by atoms with van der Waals surface area (Å²) < 4.78 is 5.01. The quantitative estimate of drug-likeness (QED) is 0.843. The Morgan fingerprint density at radius 3 is 2.79 bits per heavy atom. The number of carbonyl (C=O) groups is 1. The van der Waals surface area contributed by atoms with Crippen molar-refractivity contribution >= 4 is 11.7 Å². The molecular weight excluding hydrogens is 240 g/mol. The molecule has 0 amide bonds. The molecule has 4 heteroatoms. The Balaban J connectivity index is 1.90. The van der Waals surface area contributed by atoms with Crippen molar-refractivity contribution in [2.75, 3.05) is 19.7 Å². The maximum atomic E-state index is 11.7. The van der Waals surface area contributed by atoms with Crippen molar-refractivity contribution in [1.29, 1.82) is 5.41 Å². The molecule has 0 aliphatic carbocycles. The summed E-state index contributed by atoms with van der Waals surface area (Å²) in [6.45, 7) is 4.40. The van der Waals surface area contributed by atoms with E-state index in [0.29, 0.717) is 25.3 Å². The van der Waals surface area contributed by atoms with E-state index in [1.807, 2.05) is 18.2 Å². The molecule has 1 N–H and O–H groups in total. The van der Waals surface area contributed by atoms with Crippen LogP contribution in [-0.4, -0.2) is 36.3 Å². The van der Waals surface area contributed by atoms with Gasteiger partial charge in [-0.05, 0) is 18.9 Å². The molecule has 1 unspecified atom stereocenters. The molecule has 0 bridgehead atoms. The molecule has 0 spiro atoms. The number of nitrogens with zero attached hydrogens (tertiary/aromatic N) is 1. The molecule has 4 nitrogen and oxygen atoms in total. The van der Waals surface area contributed by atoms with Crippen LogP contribution in [-0.2, 0) is 16.1 Å². The second kappa shape index (κ2) is 6.48. The maximum Gasteiger partial charge on any atom is 0.314 e. The molecule has 0 radical (unpaired) electrons. The largest absolute Gasteiger partial charge is 0.465 e. The van der Waals surface area contributed by atoms with E-state index in [2.05, 4.69) is 17.0 Å². The second-order valence-electron chi connectivity index (χ2n) is 4.81. The number of likely N-dealkylation sites (tertiary alicyclic amines) is 1. The van der Waals surface area contributed by atoms with Crippen LogP contribution in [0.5, 0.6) is 0 Å². The molecule has 1 aromatic rings. The van der Waals surface area contributed by atoms with Crippen molar-refractivity contribution in [1.82, 2.24) is 4.90 Å². The Labute approximate surface area is 113 Å². The number of hydrogen-bond acceptors (Lipinski definition) is 4. The second-order valence-corrected chi connectivity index (χ2v) is 4.81. The zero-order chi connectivity index (χ0) is 13.7. The molecule has 0 aromatic heterocycles. The van der Waals surface area contributed by atoms with Crippen LogP contribution in [0.4, 0.5) is 0 Å². The van der Waals surface area contributed by atoms with Crippen molar-refractivity contribution in [3.05, 3.63) is 35.9 Å². The van der Waals surface area contributed by atoms with Crippen LogP contribution in [0.25, 0.3) is 0 Å².